The number of hydrogen-bond acceptors (Lipinski definition) is 5. The SMILES string of the molecule is CC(=O)C[C@@H]1[C@@]2(C)C=C(C#N)C(=O)[C@@H](C)[C@@H]2CC[C@@]1(C)C(C)(C)CCC1(COC(C)=O)CCC(C)(C)CC1. The number of allylic oxidation sites excluding steroid dienone is 2. The van der Waals surface area contributed by atoms with Crippen molar-refractivity contribution in [2.75, 3.05) is 6.61 Å². The van der Waals surface area contributed by atoms with E-state index in [1.807, 2.05) is 13.0 Å². The predicted molar refractivity (Wildman–Crippen MR) is 150 cm³/mol. The Hall–Kier alpha value is -1.96. The number of nitrogens with zero attached hydrogens (tertiary/aromatic N) is 1. The molecule has 3 aliphatic carbocycles. The Labute approximate surface area is 231 Å². The number of nitriles is 1. The summed E-state index contributed by atoms with van der Waals surface area (Å²) in [6, 6.07) is 2.17. The van der Waals surface area contributed by atoms with Crippen LogP contribution in [0.2, 0.25) is 0 Å². The molecule has 3 rings (SSSR count). The fraction of sp³-hybridized carbons (Fsp3) is 0.818. The van der Waals surface area contributed by atoms with E-state index < -0.39 is 5.41 Å². The predicted octanol–water partition coefficient (Wildman–Crippen LogP) is 7.63. The molecule has 0 amide bonds. The fourth-order valence-corrected chi connectivity index (χ4v) is 8.36. The van der Waals surface area contributed by atoms with Crippen molar-refractivity contribution in [1.29, 1.82) is 5.26 Å². The summed E-state index contributed by atoms with van der Waals surface area (Å²) in [5, 5.41) is 9.78. The average molecular weight is 526 g/mol. The smallest absolute Gasteiger partial charge is 0.302 e. The molecule has 0 radical (unpaired) electrons. The van der Waals surface area contributed by atoms with E-state index in [4.69, 9.17) is 4.74 Å². The number of Topliss-reactive ketones (excluding diaryl/α,β-unsaturated/α-hetero) is 2. The Balaban J connectivity index is 1.96. The molecule has 2 saturated carbocycles. The molecule has 5 heteroatoms. The minimum absolute atomic E-state index is 0.00828. The number of rotatable bonds is 8. The van der Waals surface area contributed by atoms with Gasteiger partial charge in [0, 0.05) is 24.7 Å². The standard InChI is InChI=1S/C33H51NO4/c1-22(35)18-27-31(8)19-25(20-34)28(37)23(2)26(31)10-11-32(27,9)30(6,7)14-17-33(21-38-24(3)36)15-12-29(4,5)13-16-33/h19,23,26-27H,10-18,21H2,1-9H3/t23-,26-,27+,31-,32+/m0/s1. The number of carbonyl (C=O) groups excluding carboxylic acids is 3. The molecule has 0 aliphatic heterocycles. The monoisotopic (exact) mass is 525 g/mol. The van der Waals surface area contributed by atoms with E-state index in [1.54, 1.807) is 6.92 Å². The van der Waals surface area contributed by atoms with Gasteiger partial charge in [0.25, 0.3) is 0 Å². The van der Waals surface area contributed by atoms with Crippen molar-refractivity contribution < 1.29 is 19.1 Å². The zero-order valence-corrected chi connectivity index (χ0v) is 25.5. The quantitative estimate of drug-likeness (QED) is 0.304. The maximum Gasteiger partial charge on any atom is 0.302 e. The van der Waals surface area contributed by atoms with Crippen LogP contribution in [-0.2, 0) is 19.1 Å². The minimum Gasteiger partial charge on any atom is -0.465 e. The summed E-state index contributed by atoms with van der Waals surface area (Å²) >= 11 is 0. The molecule has 0 bridgehead atoms. The zero-order valence-electron chi connectivity index (χ0n) is 25.5. The normalized spacial score (nSPS) is 34.5. The van der Waals surface area contributed by atoms with Crippen LogP contribution in [0, 0.1) is 56.2 Å². The highest BCUT2D eigenvalue weighted by Crippen LogP contribution is 2.66. The molecule has 0 aromatic rings. The maximum absolute atomic E-state index is 12.9. The minimum atomic E-state index is -0.390. The summed E-state index contributed by atoms with van der Waals surface area (Å²) in [6.45, 7) is 19.5. The molecular formula is C33H51NO4. The number of ketones is 2. The lowest BCUT2D eigenvalue weighted by Crippen LogP contribution is -2.57. The van der Waals surface area contributed by atoms with Gasteiger partial charge < -0.3 is 9.53 Å². The summed E-state index contributed by atoms with van der Waals surface area (Å²) < 4.78 is 5.64. The first-order valence-corrected chi connectivity index (χ1v) is 14.7. The lowest BCUT2D eigenvalue weighted by Gasteiger charge is -2.63. The van der Waals surface area contributed by atoms with Gasteiger partial charge in [-0.15, -0.1) is 0 Å². The van der Waals surface area contributed by atoms with Gasteiger partial charge in [0.15, 0.2) is 5.78 Å². The van der Waals surface area contributed by atoms with Crippen molar-refractivity contribution in [3.05, 3.63) is 11.6 Å². The highest BCUT2D eigenvalue weighted by molar-refractivity contribution is 6.01. The molecular weight excluding hydrogens is 474 g/mol. The van der Waals surface area contributed by atoms with Crippen LogP contribution < -0.4 is 0 Å². The van der Waals surface area contributed by atoms with E-state index in [1.165, 1.54) is 6.92 Å². The topological polar surface area (TPSA) is 84.2 Å². The van der Waals surface area contributed by atoms with Crippen molar-refractivity contribution in [1.82, 2.24) is 0 Å². The van der Waals surface area contributed by atoms with Crippen molar-refractivity contribution in [3.8, 4) is 6.07 Å². The number of fused-ring (bicyclic) bond motifs is 1. The van der Waals surface area contributed by atoms with Gasteiger partial charge in [0.05, 0.1) is 12.2 Å². The second-order valence-electron chi connectivity index (χ2n) is 15.0. The van der Waals surface area contributed by atoms with Crippen LogP contribution in [0.4, 0.5) is 0 Å². The Bertz CT molecular complexity index is 1020. The van der Waals surface area contributed by atoms with Crippen LogP contribution >= 0.6 is 0 Å². The van der Waals surface area contributed by atoms with E-state index in [9.17, 15) is 19.6 Å². The highest BCUT2D eigenvalue weighted by Gasteiger charge is 2.61. The molecule has 0 spiro atoms. The van der Waals surface area contributed by atoms with Crippen LogP contribution in [0.1, 0.15) is 120 Å². The summed E-state index contributed by atoms with van der Waals surface area (Å²) in [7, 11) is 0. The molecule has 5 nitrogen and oxygen atoms in total. The lowest BCUT2D eigenvalue weighted by molar-refractivity contribution is -0.149. The average Bonchev–Trinajstić information content (AvgIpc) is 2.82. The summed E-state index contributed by atoms with van der Waals surface area (Å²) in [5.74, 6) is -0.136. The Kier molecular flexibility index (Phi) is 8.49. The maximum atomic E-state index is 12.9. The summed E-state index contributed by atoms with van der Waals surface area (Å²) in [6.07, 6.45) is 10.6. The first kappa shape index (κ1) is 30.6. The van der Waals surface area contributed by atoms with Crippen LogP contribution in [0.3, 0.4) is 0 Å². The van der Waals surface area contributed by atoms with Crippen LogP contribution in [-0.4, -0.2) is 24.1 Å². The molecule has 0 saturated heterocycles. The zero-order chi connectivity index (χ0) is 28.7. The van der Waals surface area contributed by atoms with Crippen LogP contribution in [0.25, 0.3) is 0 Å². The van der Waals surface area contributed by atoms with Gasteiger partial charge in [-0.1, -0.05) is 54.5 Å². The van der Waals surface area contributed by atoms with Crippen molar-refractivity contribution in [2.24, 2.45) is 44.8 Å². The summed E-state index contributed by atoms with van der Waals surface area (Å²) in [5.41, 5.74) is -0.0670. The molecule has 212 valence electrons. The summed E-state index contributed by atoms with van der Waals surface area (Å²) in [4.78, 5) is 37.4. The highest BCUT2D eigenvalue weighted by atomic mass is 16.5. The molecule has 0 N–H and O–H groups in total. The van der Waals surface area contributed by atoms with E-state index in [-0.39, 0.29) is 57.1 Å². The first-order valence-electron chi connectivity index (χ1n) is 14.7. The van der Waals surface area contributed by atoms with Gasteiger partial charge in [-0.2, -0.15) is 5.26 Å². The van der Waals surface area contributed by atoms with E-state index >= 15 is 0 Å². The fourth-order valence-electron chi connectivity index (χ4n) is 8.36. The molecule has 3 aliphatic rings. The van der Waals surface area contributed by atoms with Gasteiger partial charge in [-0.25, -0.2) is 0 Å². The van der Waals surface area contributed by atoms with Crippen molar-refractivity contribution in [2.45, 2.75) is 120 Å². The molecule has 0 unspecified atom stereocenters. The van der Waals surface area contributed by atoms with Gasteiger partial charge in [0.2, 0.25) is 0 Å². The van der Waals surface area contributed by atoms with Crippen molar-refractivity contribution >= 4 is 17.5 Å². The number of carbonyl (C=O) groups is 3. The van der Waals surface area contributed by atoms with E-state index in [0.29, 0.717) is 18.4 Å². The largest absolute Gasteiger partial charge is 0.465 e. The number of hydrogen-bond donors (Lipinski definition) is 0. The van der Waals surface area contributed by atoms with Gasteiger partial charge in [-0.05, 0) is 91.8 Å². The first-order chi connectivity index (χ1) is 17.4. The van der Waals surface area contributed by atoms with E-state index in [0.717, 1.165) is 51.4 Å². The third-order valence-electron chi connectivity index (χ3n) is 11.7. The molecule has 0 aromatic carbocycles. The van der Waals surface area contributed by atoms with Crippen molar-refractivity contribution in [3.63, 3.8) is 0 Å². The third-order valence-corrected chi connectivity index (χ3v) is 11.7. The van der Waals surface area contributed by atoms with Gasteiger partial charge in [-0.3, -0.25) is 9.59 Å². The lowest BCUT2D eigenvalue weighted by atomic mass is 9.41. The van der Waals surface area contributed by atoms with Crippen LogP contribution in [0.5, 0.6) is 0 Å². The molecule has 5 atom stereocenters. The Morgan fingerprint density at radius 1 is 1.08 bits per heavy atom. The van der Waals surface area contributed by atoms with Crippen LogP contribution in [0.15, 0.2) is 11.6 Å². The molecule has 2 fully saturated rings. The molecule has 38 heavy (non-hydrogen) atoms. The Morgan fingerprint density at radius 2 is 1.68 bits per heavy atom. The molecule has 0 aromatic heterocycles. The van der Waals surface area contributed by atoms with Gasteiger partial charge in [0.1, 0.15) is 11.9 Å². The number of esters is 1. The third kappa shape index (κ3) is 5.66. The van der Waals surface area contributed by atoms with E-state index in [2.05, 4.69) is 47.6 Å². The second-order valence-corrected chi connectivity index (χ2v) is 15.0. The molecule has 0 heterocycles. The Morgan fingerprint density at radius 3 is 2.21 bits per heavy atom. The van der Waals surface area contributed by atoms with Gasteiger partial charge >= 0.3 is 5.97 Å². The number of ether oxygens (including phenoxy) is 1. The second kappa shape index (κ2) is 10.5.